The molecule has 2 heterocycles. The summed E-state index contributed by atoms with van der Waals surface area (Å²) in [5, 5.41) is 15.2. The summed E-state index contributed by atoms with van der Waals surface area (Å²) in [4.78, 5) is 4.33. The second-order valence-corrected chi connectivity index (χ2v) is 6.84. The van der Waals surface area contributed by atoms with Crippen LogP contribution in [0.2, 0.25) is 0 Å². The third-order valence-corrected chi connectivity index (χ3v) is 4.96. The zero-order valence-electron chi connectivity index (χ0n) is 13.3. The second kappa shape index (κ2) is 7.49. The van der Waals surface area contributed by atoms with Crippen LogP contribution in [-0.4, -0.2) is 83.6 Å². The maximum Gasteiger partial charge on any atom is 0.162 e. The van der Waals surface area contributed by atoms with Crippen LogP contribution in [0.25, 0.3) is 0 Å². The molecule has 2 atom stereocenters. The number of hydrogen-bond acceptors (Lipinski definition) is 6. The molecule has 0 aliphatic carbocycles. The molecule has 1 aromatic rings. The first kappa shape index (κ1) is 16.6. The van der Waals surface area contributed by atoms with Crippen molar-refractivity contribution in [2.24, 2.45) is 0 Å². The minimum absolute atomic E-state index is 0.104. The molecule has 2 rings (SSSR count). The van der Waals surface area contributed by atoms with Crippen LogP contribution in [0, 0.1) is 0 Å². The lowest BCUT2D eigenvalue weighted by Crippen LogP contribution is -2.44. The van der Waals surface area contributed by atoms with Gasteiger partial charge in [0.25, 0.3) is 0 Å². The van der Waals surface area contributed by atoms with Gasteiger partial charge in [-0.2, -0.15) is 16.9 Å². The number of ether oxygens (including phenoxy) is 1. The molecule has 1 fully saturated rings. The molecule has 0 spiro atoms. The van der Waals surface area contributed by atoms with E-state index >= 15 is 0 Å². The van der Waals surface area contributed by atoms with E-state index in [4.69, 9.17) is 4.74 Å². The van der Waals surface area contributed by atoms with Crippen LogP contribution in [0.3, 0.4) is 0 Å². The lowest BCUT2D eigenvalue weighted by molar-refractivity contribution is 0.0664. The molecule has 0 aromatic carbocycles. The summed E-state index contributed by atoms with van der Waals surface area (Å²) in [6.07, 6.45) is 1.12. The summed E-state index contributed by atoms with van der Waals surface area (Å²) in [6, 6.07) is 0.104. The van der Waals surface area contributed by atoms with E-state index in [0.29, 0.717) is 5.75 Å². The van der Waals surface area contributed by atoms with Gasteiger partial charge in [-0.05, 0) is 21.1 Å². The van der Waals surface area contributed by atoms with Crippen LogP contribution in [0.1, 0.15) is 11.8 Å². The van der Waals surface area contributed by atoms with Crippen molar-refractivity contribution in [1.82, 2.24) is 19.6 Å². The van der Waals surface area contributed by atoms with Crippen molar-refractivity contribution >= 4 is 11.8 Å². The zero-order valence-corrected chi connectivity index (χ0v) is 14.1. The Bertz CT molecular complexity index is 452. The van der Waals surface area contributed by atoms with Gasteiger partial charge in [-0.1, -0.05) is 0 Å². The van der Waals surface area contributed by atoms with Crippen LogP contribution in [0.4, 0.5) is 0 Å². The van der Waals surface area contributed by atoms with E-state index in [0.717, 1.165) is 36.8 Å². The van der Waals surface area contributed by atoms with Gasteiger partial charge in [-0.25, -0.2) is 0 Å². The van der Waals surface area contributed by atoms with E-state index in [1.165, 1.54) is 0 Å². The molecule has 120 valence electrons. The first-order valence-corrected chi connectivity index (χ1v) is 8.40. The van der Waals surface area contributed by atoms with Gasteiger partial charge < -0.3 is 14.7 Å². The summed E-state index contributed by atoms with van der Waals surface area (Å²) < 4.78 is 7.27. The Morgan fingerprint density at radius 1 is 1.57 bits per heavy atom. The molecule has 1 saturated heterocycles. The summed E-state index contributed by atoms with van der Waals surface area (Å²) in [7, 11) is 7.76. The van der Waals surface area contributed by atoms with Crippen LogP contribution in [-0.2, 0) is 6.54 Å². The first-order chi connectivity index (χ1) is 10.0. The topological polar surface area (TPSA) is 53.8 Å². The number of likely N-dealkylation sites (N-methyl/N-ethyl adjacent to an activating group) is 2. The molecule has 0 bridgehead atoms. The second-order valence-electron chi connectivity index (χ2n) is 5.69. The van der Waals surface area contributed by atoms with E-state index < -0.39 is 6.10 Å². The Balaban J connectivity index is 2.20. The maximum absolute atomic E-state index is 10.9. The van der Waals surface area contributed by atoms with E-state index in [1.54, 1.807) is 13.3 Å². The van der Waals surface area contributed by atoms with Gasteiger partial charge in [0.1, 0.15) is 11.8 Å². The standard InChI is InChI=1S/C14H26N4O2S/c1-16(2)5-6-18-13(12(20-4)9-15-18)14(19)11-10-21-8-7-17(11)3/h9,11,14,19H,5-8,10H2,1-4H3. The summed E-state index contributed by atoms with van der Waals surface area (Å²) >= 11 is 1.89. The fourth-order valence-corrected chi connectivity index (χ4v) is 3.79. The van der Waals surface area contributed by atoms with Crippen LogP contribution < -0.4 is 4.74 Å². The smallest absolute Gasteiger partial charge is 0.162 e. The number of methoxy groups -OCH3 is 1. The fourth-order valence-electron chi connectivity index (χ4n) is 2.53. The van der Waals surface area contributed by atoms with Crippen LogP contribution >= 0.6 is 11.8 Å². The number of nitrogens with zero attached hydrogens (tertiary/aromatic N) is 4. The third-order valence-electron chi connectivity index (χ3n) is 3.91. The minimum Gasteiger partial charge on any atom is -0.493 e. The van der Waals surface area contributed by atoms with Crippen molar-refractivity contribution in [2.45, 2.75) is 18.7 Å². The maximum atomic E-state index is 10.9. The zero-order chi connectivity index (χ0) is 15.4. The molecule has 1 aromatic heterocycles. The summed E-state index contributed by atoms with van der Waals surface area (Å²) in [6.45, 7) is 2.62. The number of aromatic nitrogens is 2. The molecule has 6 nitrogen and oxygen atoms in total. The first-order valence-electron chi connectivity index (χ1n) is 7.25. The van der Waals surface area contributed by atoms with E-state index in [1.807, 2.05) is 30.5 Å². The van der Waals surface area contributed by atoms with E-state index in [2.05, 4.69) is 21.9 Å². The van der Waals surface area contributed by atoms with Crippen molar-refractivity contribution in [3.05, 3.63) is 11.9 Å². The highest BCUT2D eigenvalue weighted by Gasteiger charge is 2.32. The average molecular weight is 314 g/mol. The Labute approximate surface area is 131 Å². The molecule has 0 saturated carbocycles. The normalized spacial score (nSPS) is 21.7. The Hall–Kier alpha value is -0.760. The van der Waals surface area contributed by atoms with Crippen LogP contribution in [0.15, 0.2) is 6.20 Å². The third kappa shape index (κ3) is 3.91. The molecule has 7 heteroatoms. The molecule has 1 aliphatic rings. The Kier molecular flexibility index (Phi) is 5.92. The van der Waals surface area contributed by atoms with Crippen molar-refractivity contribution in [3.63, 3.8) is 0 Å². The minimum atomic E-state index is -0.581. The van der Waals surface area contributed by atoms with Gasteiger partial charge in [0.2, 0.25) is 0 Å². The predicted molar refractivity (Wildman–Crippen MR) is 86.0 cm³/mol. The highest BCUT2D eigenvalue weighted by Crippen LogP contribution is 2.32. The molecule has 2 unspecified atom stereocenters. The largest absolute Gasteiger partial charge is 0.493 e. The molecular formula is C14H26N4O2S. The fraction of sp³-hybridized carbons (Fsp3) is 0.786. The number of aliphatic hydroxyl groups is 1. The lowest BCUT2D eigenvalue weighted by atomic mass is 10.1. The van der Waals surface area contributed by atoms with Crippen molar-refractivity contribution in [3.8, 4) is 5.75 Å². The highest BCUT2D eigenvalue weighted by atomic mass is 32.2. The number of hydrogen-bond donors (Lipinski definition) is 1. The SMILES string of the molecule is COc1cnn(CCN(C)C)c1C(O)C1CSCCN1C. The van der Waals surface area contributed by atoms with Gasteiger partial charge in [-0.15, -0.1) is 0 Å². The summed E-state index contributed by atoms with van der Waals surface area (Å²) in [5.41, 5.74) is 0.790. The monoisotopic (exact) mass is 314 g/mol. The van der Waals surface area contributed by atoms with E-state index in [9.17, 15) is 5.11 Å². The van der Waals surface area contributed by atoms with Gasteiger partial charge in [0.05, 0.1) is 25.9 Å². The van der Waals surface area contributed by atoms with Gasteiger partial charge in [0.15, 0.2) is 5.75 Å². The number of aliphatic hydroxyl groups excluding tert-OH is 1. The molecule has 1 N–H and O–H groups in total. The molecule has 0 amide bonds. The van der Waals surface area contributed by atoms with Crippen molar-refractivity contribution in [1.29, 1.82) is 0 Å². The van der Waals surface area contributed by atoms with Gasteiger partial charge in [0, 0.05) is 24.6 Å². The number of thioether (sulfide) groups is 1. The average Bonchev–Trinajstić information content (AvgIpc) is 2.87. The quantitative estimate of drug-likeness (QED) is 0.827. The number of rotatable bonds is 6. The molecule has 1 aliphatic heterocycles. The van der Waals surface area contributed by atoms with E-state index in [-0.39, 0.29) is 6.04 Å². The lowest BCUT2D eigenvalue weighted by Gasteiger charge is -2.35. The Morgan fingerprint density at radius 2 is 2.33 bits per heavy atom. The van der Waals surface area contributed by atoms with Crippen molar-refractivity contribution < 1.29 is 9.84 Å². The predicted octanol–water partition coefficient (Wildman–Crippen LogP) is 0.534. The molecule has 21 heavy (non-hydrogen) atoms. The van der Waals surface area contributed by atoms with Crippen LogP contribution in [0.5, 0.6) is 5.75 Å². The summed E-state index contributed by atoms with van der Waals surface area (Å²) in [5.74, 6) is 2.72. The van der Waals surface area contributed by atoms with Gasteiger partial charge in [-0.3, -0.25) is 9.58 Å². The highest BCUT2D eigenvalue weighted by molar-refractivity contribution is 7.99. The van der Waals surface area contributed by atoms with Gasteiger partial charge >= 0.3 is 0 Å². The molecule has 0 radical (unpaired) electrons. The van der Waals surface area contributed by atoms with Crippen molar-refractivity contribution in [2.75, 3.05) is 52.8 Å². The molecular weight excluding hydrogens is 288 g/mol. The Morgan fingerprint density at radius 3 is 2.95 bits per heavy atom.